The van der Waals surface area contributed by atoms with Gasteiger partial charge in [0.1, 0.15) is 6.61 Å². The van der Waals surface area contributed by atoms with Gasteiger partial charge in [0.2, 0.25) is 0 Å². The highest BCUT2D eigenvalue weighted by atomic mass is 16.7. The van der Waals surface area contributed by atoms with Gasteiger partial charge in [-0.3, -0.25) is 0 Å². The Balaban J connectivity index is 1.40. The van der Waals surface area contributed by atoms with Crippen LogP contribution in [0.1, 0.15) is 31.7 Å². The van der Waals surface area contributed by atoms with Crippen LogP contribution in [0.3, 0.4) is 0 Å². The Hall–Kier alpha value is -2.88. The Morgan fingerprint density at radius 1 is 1.24 bits per heavy atom. The minimum atomic E-state index is -0.722. The van der Waals surface area contributed by atoms with Crippen molar-refractivity contribution in [1.29, 1.82) is 0 Å². The molecule has 0 radical (unpaired) electrons. The molecule has 3 rings (SSSR count). The maximum absolute atomic E-state index is 11.9. The fourth-order valence-corrected chi connectivity index (χ4v) is 3.07. The van der Waals surface area contributed by atoms with Crippen molar-refractivity contribution in [1.82, 2.24) is 0 Å². The highest BCUT2D eigenvalue weighted by molar-refractivity contribution is 5.88. The van der Waals surface area contributed by atoms with Gasteiger partial charge in [0.05, 0.1) is 13.2 Å². The Morgan fingerprint density at radius 2 is 2.00 bits per heavy atom. The second kappa shape index (κ2) is 10.1. The second-order valence-electron chi connectivity index (χ2n) is 6.83. The summed E-state index contributed by atoms with van der Waals surface area (Å²) in [6, 6.07) is 9.32. The molecule has 0 unspecified atom stereocenters. The predicted octanol–water partition coefficient (Wildman–Crippen LogP) is 3.07. The fraction of sp³-hybridized carbons (Fsp3) is 0.391. The first kappa shape index (κ1) is 20.8. The van der Waals surface area contributed by atoms with E-state index >= 15 is 0 Å². The highest BCUT2D eigenvalue weighted by Gasteiger charge is 2.37. The lowest BCUT2D eigenvalue weighted by Gasteiger charge is -2.29. The standard InChI is InChI=1S/C23H24O6/c1-18(7-9-21(24)26-17-20-5-3-2-4-6-20)29-22(25)10-8-19-11-13-23(14-12-19)27-15-16-28-23/h2-6,8,10-11,18H,12-17H2,1H3/b10-8+/t18-/m0/s1. The Kier molecular flexibility index (Phi) is 7.23. The van der Waals surface area contributed by atoms with E-state index < -0.39 is 23.8 Å². The second-order valence-corrected chi connectivity index (χ2v) is 6.83. The van der Waals surface area contributed by atoms with Crippen molar-refractivity contribution in [3.05, 3.63) is 59.7 Å². The van der Waals surface area contributed by atoms with Gasteiger partial charge in [-0.05, 0) is 24.8 Å². The number of allylic oxidation sites excluding steroid dienone is 2. The van der Waals surface area contributed by atoms with Gasteiger partial charge in [0, 0.05) is 24.8 Å². The number of benzene rings is 1. The normalized spacial score (nSPS) is 18.6. The molecule has 0 saturated carbocycles. The van der Waals surface area contributed by atoms with Crippen LogP contribution in [0.2, 0.25) is 0 Å². The third-order valence-electron chi connectivity index (χ3n) is 4.60. The number of rotatable bonds is 5. The molecule has 1 aromatic rings. The molecule has 1 saturated heterocycles. The summed E-state index contributed by atoms with van der Waals surface area (Å²) in [7, 11) is 0. The smallest absolute Gasteiger partial charge is 0.384 e. The molecule has 1 fully saturated rings. The number of hydrogen-bond acceptors (Lipinski definition) is 6. The summed E-state index contributed by atoms with van der Waals surface area (Å²) >= 11 is 0. The average molecular weight is 396 g/mol. The van der Waals surface area contributed by atoms with E-state index in [1.807, 2.05) is 36.4 Å². The van der Waals surface area contributed by atoms with E-state index in [0.717, 1.165) is 24.0 Å². The average Bonchev–Trinajstić information content (AvgIpc) is 3.19. The lowest BCUT2D eigenvalue weighted by molar-refractivity contribution is -0.161. The molecule has 6 nitrogen and oxygen atoms in total. The van der Waals surface area contributed by atoms with Crippen molar-refractivity contribution in [2.45, 2.75) is 44.7 Å². The van der Waals surface area contributed by atoms with Crippen LogP contribution in [0.5, 0.6) is 0 Å². The quantitative estimate of drug-likeness (QED) is 0.330. The SMILES string of the molecule is C[C@@H](C#CC(=O)OCc1ccccc1)OC(=O)/C=C/C1=CCC2(CC1)OCCO2. The van der Waals surface area contributed by atoms with Crippen LogP contribution in [0.25, 0.3) is 0 Å². The van der Waals surface area contributed by atoms with E-state index in [2.05, 4.69) is 11.8 Å². The van der Waals surface area contributed by atoms with Crippen molar-refractivity contribution in [2.24, 2.45) is 0 Å². The molecule has 1 atom stereocenters. The Labute approximate surface area is 170 Å². The molecular weight excluding hydrogens is 372 g/mol. The first-order valence-corrected chi connectivity index (χ1v) is 9.63. The number of carbonyl (C=O) groups is 2. The molecule has 152 valence electrons. The zero-order chi connectivity index (χ0) is 20.5. The number of ether oxygens (including phenoxy) is 4. The summed E-state index contributed by atoms with van der Waals surface area (Å²) in [5.41, 5.74) is 1.91. The Morgan fingerprint density at radius 3 is 2.69 bits per heavy atom. The summed E-state index contributed by atoms with van der Waals surface area (Å²) in [6.45, 7) is 3.01. The lowest BCUT2D eigenvalue weighted by Crippen LogP contribution is -2.31. The summed E-state index contributed by atoms with van der Waals surface area (Å²) < 4.78 is 21.5. The molecule has 2 aliphatic rings. The van der Waals surface area contributed by atoms with Crippen molar-refractivity contribution < 1.29 is 28.5 Å². The fourth-order valence-electron chi connectivity index (χ4n) is 3.07. The first-order valence-electron chi connectivity index (χ1n) is 9.63. The summed E-state index contributed by atoms with van der Waals surface area (Å²) in [6.07, 6.45) is 6.61. The molecule has 29 heavy (non-hydrogen) atoms. The van der Waals surface area contributed by atoms with Gasteiger partial charge in [-0.1, -0.05) is 48.1 Å². The highest BCUT2D eigenvalue weighted by Crippen LogP contribution is 2.35. The van der Waals surface area contributed by atoms with Crippen LogP contribution in [0.4, 0.5) is 0 Å². The molecule has 0 bridgehead atoms. The summed E-state index contributed by atoms with van der Waals surface area (Å²) in [5, 5.41) is 0. The van der Waals surface area contributed by atoms with E-state index in [-0.39, 0.29) is 6.61 Å². The van der Waals surface area contributed by atoms with Gasteiger partial charge in [0.15, 0.2) is 11.9 Å². The maximum Gasteiger partial charge on any atom is 0.384 e. The minimum Gasteiger partial charge on any atom is -0.451 e. The molecule has 6 heteroatoms. The van der Waals surface area contributed by atoms with Crippen LogP contribution >= 0.6 is 0 Å². The van der Waals surface area contributed by atoms with Gasteiger partial charge in [-0.25, -0.2) is 9.59 Å². The molecule has 1 aliphatic carbocycles. The monoisotopic (exact) mass is 396 g/mol. The molecule has 1 aromatic carbocycles. The molecule has 0 aromatic heterocycles. The lowest BCUT2D eigenvalue weighted by atomic mass is 9.94. The van der Waals surface area contributed by atoms with Crippen molar-refractivity contribution in [2.75, 3.05) is 13.2 Å². The molecule has 0 N–H and O–H groups in total. The van der Waals surface area contributed by atoms with Crippen LogP contribution in [-0.4, -0.2) is 37.0 Å². The van der Waals surface area contributed by atoms with E-state index in [1.54, 1.807) is 13.0 Å². The van der Waals surface area contributed by atoms with E-state index in [1.165, 1.54) is 6.08 Å². The zero-order valence-corrected chi connectivity index (χ0v) is 16.4. The van der Waals surface area contributed by atoms with Crippen LogP contribution in [0, 0.1) is 11.8 Å². The van der Waals surface area contributed by atoms with Crippen LogP contribution in [-0.2, 0) is 35.1 Å². The van der Waals surface area contributed by atoms with Gasteiger partial charge in [-0.15, -0.1) is 0 Å². The van der Waals surface area contributed by atoms with E-state index in [4.69, 9.17) is 18.9 Å². The van der Waals surface area contributed by atoms with Crippen molar-refractivity contribution >= 4 is 11.9 Å². The van der Waals surface area contributed by atoms with E-state index in [0.29, 0.717) is 19.6 Å². The topological polar surface area (TPSA) is 71.1 Å². The Bertz CT molecular complexity index is 837. The van der Waals surface area contributed by atoms with Gasteiger partial charge < -0.3 is 18.9 Å². The van der Waals surface area contributed by atoms with Gasteiger partial charge in [0.25, 0.3) is 0 Å². The van der Waals surface area contributed by atoms with E-state index in [9.17, 15) is 9.59 Å². The summed E-state index contributed by atoms with van der Waals surface area (Å²) in [5.74, 6) is 3.26. The minimum absolute atomic E-state index is 0.151. The van der Waals surface area contributed by atoms with Crippen LogP contribution < -0.4 is 0 Å². The largest absolute Gasteiger partial charge is 0.451 e. The predicted molar refractivity (Wildman–Crippen MR) is 105 cm³/mol. The summed E-state index contributed by atoms with van der Waals surface area (Å²) in [4.78, 5) is 23.6. The molecular formula is C23H24O6. The first-order chi connectivity index (χ1) is 14.0. The third kappa shape index (κ3) is 6.60. The molecule has 1 spiro atoms. The van der Waals surface area contributed by atoms with Gasteiger partial charge >= 0.3 is 11.9 Å². The number of carbonyl (C=O) groups excluding carboxylic acids is 2. The molecule has 1 heterocycles. The maximum atomic E-state index is 11.9. The molecule has 0 amide bonds. The van der Waals surface area contributed by atoms with Crippen LogP contribution in [0.15, 0.2) is 54.1 Å². The number of hydrogen-bond donors (Lipinski definition) is 0. The third-order valence-corrected chi connectivity index (χ3v) is 4.60. The van der Waals surface area contributed by atoms with Gasteiger partial charge in [-0.2, -0.15) is 0 Å². The zero-order valence-electron chi connectivity index (χ0n) is 16.4. The number of esters is 2. The van der Waals surface area contributed by atoms with Crippen molar-refractivity contribution in [3.8, 4) is 11.8 Å². The van der Waals surface area contributed by atoms with Crippen molar-refractivity contribution in [3.63, 3.8) is 0 Å². The molecule has 1 aliphatic heterocycles.